The monoisotopic (exact) mass is 350 g/mol. The molecule has 0 spiro atoms. The summed E-state index contributed by atoms with van der Waals surface area (Å²) < 4.78 is 1.79. The molecule has 0 atom stereocenters. The van der Waals surface area contributed by atoms with E-state index in [0.717, 1.165) is 24.1 Å². The molecule has 1 aliphatic carbocycles. The number of hydrogen-bond acceptors (Lipinski definition) is 3. The van der Waals surface area contributed by atoms with Crippen LogP contribution in [-0.4, -0.2) is 29.7 Å². The van der Waals surface area contributed by atoms with E-state index in [2.05, 4.69) is 0 Å². The summed E-state index contributed by atoms with van der Waals surface area (Å²) in [6.45, 7) is 1.81. The Morgan fingerprint density at radius 3 is 2.50 bits per heavy atom. The lowest BCUT2D eigenvalue weighted by Gasteiger charge is -2.23. The van der Waals surface area contributed by atoms with E-state index in [-0.39, 0.29) is 12.0 Å². The van der Waals surface area contributed by atoms with Crippen molar-refractivity contribution in [2.24, 2.45) is 0 Å². The molecule has 5 heteroatoms. The van der Waals surface area contributed by atoms with Crippen molar-refractivity contribution >= 4 is 33.5 Å². The van der Waals surface area contributed by atoms with Crippen molar-refractivity contribution in [3.05, 3.63) is 51.7 Å². The molecule has 1 aromatic heterocycles. The second-order valence-corrected chi connectivity index (χ2v) is 7.38. The minimum atomic E-state index is -0.917. The van der Waals surface area contributed by atoms with Crippen LogP contribution in [0.5, 0.6) is 0 Å². The molecule has 3 aromatic rings. The van der Waals surface area contributed by atoms with Gasteiger partial charge in [0.15, 0.2) is 5.43 Å². The van der Waals surface area contributed by atoms with E-state index in [1.165, 1.54) is 5.56 Å². The molecule has 1 saturated carbocycles. The van der Waals surface area contributed by atoms with E-state index in [9.17, 15) is 14.7 Å². The van der Waals surface area contributed by atoms with Crippen molar-refractivity contribution in [3.63, 3.8) is 0 Å². The highest BCUT2D eigenvalue weighted by molar-refractivity contribution is 6.01. The summed E-state index contributed by atoms with van der Waals surface area (Å²) in [5.74, 6) is -0.381. The normalized spacial score (nSPS) is 14.1. The number of fused-ring (bicyclic) bond motifs is 2. The second kappa shape index (κ2) is 5.87. The smallest absolute Gasteiger partial charge is 0.323 e. The highest BCUT2D eigenvalue weighted by Gasteiger charge is 2.25. The van der Waals surface area contributed by atoms with Gasteiger partial charge in [-0.05, 0) is 55.0 Å². The first kappa shape index (κ1) is 16.6. The SMILES string of the molecule is Cc1ccc2c(=O)c3ccc(C4CC4)cc3n(CC(=O)O)c2c1N(C)C. The molecule has 5 nitrogen and oxygen atoms in total. The number of pyridine rings is 1. The molecule has 0 unspecified atom stereocenters. The van der Waals surface area contributed by atoms with Gasteiger partial charge < -0.3 is 14.6 Å². The maximum atomic E-state index is 13.1. The number of aryl methyl sites for hydroxylation is 1. The van der Waals surface area contributed by atoms with Crippen molar-refractivity contribution in [1.29, 1.82) is 0 Å². The van der Waals surface area contributed by atoms with Gasteiger partial charge in [0.1, 0.15) is 6.54 Å². The van der Waals surface area contributed by atoms with E-state index in [0.29, 0.717) is 27.7 Å². The molecule has 0 aliphatic heterocycles. The average Bonchev–Trinajstić information content (AvgIpc) is 3.42. The van der Waals surface area contributed by atoms with Crippen molar-refractivity contribution < 1.29 is 9.90 Å². The summed E-state index contributed by atoms with van der Waals surface area (Å²) in [7, 11) is 3.84. The maximum Gasteiger partial charge on any atom is 0.323 e. The summed E-state index contributed by atoms with van der Waals surface area (Å²) in [5, 5.41) is 10.7. The van der Waals surface area contributed by atoms with Crippen molar-refractivity contribution in [1.82, 2.24) is 4.57 Å². The number of nitrogens with zero attached hydrogens (tertiary/aromatic N) is 2. The minimum absolute atomic E-state index is 0.0397. The number of hydrogen-bond donors (Lipinski definition) is 1. The van der Waals surface area contributed by atoms with E-state index in [4.69, 9.17) is 0 Å². The molecule has 0 amide bonds. The van der Waals surface area contributed by atoms with Crippen molar-refractivity contribution in [3.8, 4) is 0 Å². The van der Waals surface area contributed by atoms with Crippen LogP contribution in [0.3, 0.4) is 0 Å². The molecule has 134 valence electrons. The Labute approximate surface area is 151 Å². The molecule has 1 aliphatic rings. The summed E-state index contributed by atoms with van der Waals surface area (Å²) in [4.78, 5) is 26.7. The number of rotatable bonds is 4. The van der Waals surface area contributed by atoms with Crippen LogP contribution in [0.2, 0.25) is 0 Å². The van der Waals surface area contributed by atoms with Crippen molar-refractivity contribution in [2.75, 3.05) is 19.0 Å². The number of aliphatic carboxylic acids is 1. The Morgan fingerprint density at radius 1 is 1.19 bits per heavy atom. The predicted octanol–water partition coefficient (Wildman–Crippen LogP) is 3.49. The van der Waals surface area contributed by atoms with E-state index < -0.39 is 5.97 Å². The predicted molar refractivity (Wildman–Crippen MR) is 104 cm³/mol. The lowest BCUT2D eigenvalue weighted by Crippen LogP contribution is -2.20. The van der Waals surface area contributed by atoms with Gasteiger partial charge in [0.05, 0.1) is 16.7 Å². The molecule has 0 radical (unpaired) electrons. The number of aromatic nitrogens is 1. The van der Waals surface area contributed by atoms with E-state index >= 15 is 0 Å². The Balaban J connectivity index is 2.21. The van der Waals surface area contributed by atoms with Crippen LogP contribution < -0.4 is 10.3 Å². The molecule has 4 rings (SSSR count). The largest absolute Gasteiger partial charge is 0.480 e. The third-order valence-corrected chi connectivity index (χ3v) is 5.21. The molecule has 26 heavy (non-hydrogen) atoms. The van der Waals surface area contributed by atoms with Gasteiger partial charge in [-0.25, -0.2) is 0 Å². The Hall–Kier alpha value is -2.82. The van der Waals surface area contributed by atoms with Crippen LogP contribution in [0.4, 0.5) is 5.69 Å². The first-order chi connectivity index (χ1) is 12.4. The zero-order chi connectivity index (χ0) is 18.6. The first-order valence-electron chi connectivity index (χ1n) is 8.87. The number of carboxylic acid groups (broad SMARTS) is 1. The summed E-state index contributed by atoms with van der Waals surface area (Å²) in [5.41, 5.74) is 4.46. The van der Waals surface area contributed by atoms with Gasteiger partial charge in [0.25, 0.3) is 0 Å². The van der Waals surface area contributed by atoms with Gasteiger partial charge in [-0.2, -0.15) is 0 Å². The van der Waals surface area contributed by atoms with Crippen LogP contribution >= 0.6 is 0 Å². The van der Waals surface area contributed by atoms with Gasteiger partial charge >= 0.3 is 5.97 Å². The number of carbonyl (C=O) groups is 1. The third-order valence-electron chi connectivity index (χ3n) is 5.21. The molecule has 0 bridgehead atoms. The molecular formula is C21H22N2O3. The fraction of sp³-hybridized carbons (Fsp3) is 0.333. The van der Waals surface area contributed by atoms with Crippen LogP contribution in [0.15, 0.2) is 35.1 Å². The quantitative estimate of drug-likeness (QED) is 0.732. The molecule has 1 N–H and O–H groups in total. The average molecular weight is 350 g/mol. The lowest BCUT2D eigenvalue weighted by atomic mass is 10.0. The number of benzene rings is 2. The zero-order valence-electron chi connectivity index (χ0n) is 15.2. The van der Waals surface area contributed by atoms with E-state index in [1.54, 1.807) is 4.57 Å². The second-order valence-electron chi connectivity index (χ2n) is 7.38. The maximum absolute atomic E-state index is 13.1. The third kappa shape index (κ3) is 2.55. The molecule has 2 aromatic carbocycles. The molecule has 1 heterocycles. The van der Waals surface area contributed by atoms with Crippen LogP contribution in [0.25, 0.3) is 21.8 Å². The Bertz CT molecular complexity index is 1110. The zero-order valence-corrected chi connectivity index (χ0v) is 15.2. The fourth-order valence-corrected chi connectivity index (χ4v) is 3.90. The number of carboxylic acids is 1. The van der Waals surface area contributed by atoms with Crippen LogP contribution in [0.1, 0.15) is 29.9 Å². The standard InChI is InChI=1S/C21H22N2O3/c1-12-4-8-16-20(19(12)22(2)3)23(11-18(24)25)17-10-14(13-5-6-13)7-9-15(17)21(16)26/h4,7-10,13H,5-6,11H2,1-3H3,(H,24,25). The summed E-state index contributed by atoms with van der Waals surface area (Å²) in [6.07, 6.45) is 2.31. The van der Waals surface area contributed by atoms with Gasteiger partial charge in [0.2, 0.25) is 0 Å². The number of anilines is 1. The van der Waals surface area contributed by atoms with Gasteiger partial charge in [-0.15, -0.1) is 0 Å². The van der Waals surface area contributed by atoms with Crippen molar-refractivity contribution in [2.45, 2.75) is 32.2 Å². The minimum Gasteiger partial charge on any atom is -0.480 e. The topological polar surface area (TPSA) is 62.5 Å². The van der Waals surface area contributed by atoms with Crippen LogP contribution in [0, 0.1) is 6.92 Å². The molecule has 1 fully saturated rings. The molecular weight excluding hydrogens is 328 g/mol. The summed E-state index contributed by atoms with van der Waals surface area (Å²) in [6, 6.07) is 9.62. The Kier molecular flexibility index (Phi) is 3.75. The van der Waals surface area contributed by atoms with Crippen LogP contribution in [-0.2, 0) is 11.3 Å². The van der Waals surface area contributed by atoms with E-state index in [1.807, 2.05) is 56.3 Å². The van der Waals surface area contributed by atoms with Gasteiger partial charge in [0, 0.05) is 24.9 Å². The van der Waals surface area contributed by atoms with Gasteiger partial charge in [-0.1, -0.05) is 12.1 Å². The van der Waals surface area contributed by atoms with Gasteiger partial charge in [-0.3, -0.25) is 9.59 Å². The molecule has 0 saturated heterocycles. The fourth-order valence-electron chi connectivity index (χ4n) is 3.90. The first-order valence-corrected chi connectivity index (χ1v) is 8.87. The Morgan fingerprint density at radius 2 is 1.88 bits per heavy atom. The lowest BCUT2D eigenvalue weighted by molar-refractivity contribution is -0.137. The highest BCUT2D eigenvalue weighted by atomic mass is 16.4. The summed E-state index contributed by atoms with van der Waals surface area (Å²) >= 11 is 0. The highest BCUT2D eigenvalue weighted by Crippen LogP contribution is 2.41.